The van der Waals surface area contributed by atoms with Gasteiger partial charge in [0.25, 0.3) is 11.8 Å². The molecule has 7 nitrogen and oxygen atoms in total. The molecule has 1 fully saturated rings. The van der Waals surface area contributed by atoms with E-state index in [1.165, 1.54) is 11.3 Å². The summed E-state index contributed by atoms with van der Waals surface area (Å²) >= 11 is 1.24. The number of carbonyl (C=O) groups is 2. The zero-order valence-electron chi connectivity index (χ0n) is 12.3. The number of rotatable bonds is 4. The summed E-state index contributed by atoms with van der Waals surface area (Å²) in [5, 5.41) is 3.41. The molecule has 2 rings (SSSR count). The Morgan fingerprint density at radius 3 is 2.43 bits per heavy atom. The van der Waals surface area contributed by atoms with Crippen molar-refractivity contribution in [2.24, 2.45) is 5.73 Å². The number of anilines is 2. The third-order valence-corrected chi connectivity index (χ3v) is 4.77. The first-order valence-corrected chi connectivity index (χ1v) is 7.71. The predicted molar refractivity (Wildman–Crippen MR) is 85.0 cm³/mol. The molecule has 116 valence electrons. The summed E-state index contributed by atoms with van der Waals surface area (Å²) in [6, 6.07) is 0. The van der Waals surface area contributed by atoms with Crippen LogP contribution in [-0.4, -0.2) is 56.5 Å². The monoisotopic (exact) mass is 311 g/mol. The highest BCUT2D eigenvalue weighted by Crippen LogP contribution is 2.38. The number of nitrogens with two attached hydrogens (primary N) is 2. The Labute approximate surface area is 127 Å². The van der Waals surface area contributed by atoms with Gasteiger partial charge in [-0.05, 0) is 14.0 Å². The van der Waals surface area contributed by atoms with Crippen molar-refractivity contribution in [1.82, 2.24) is 10.2 Å². The highest BCUT2D eigenvalue weighted by atomic mass is 32.1. The molecule has 0 atom stereocenters. The summed E-state index contributed by atoms with van der Waals surface area (Å²) in [4.78, 5) is 28.4. The van der Waals surface area contributed by atoms with E-state index < -0.39 is 5.91 Å². The maximum absolute atomic E-state index is 12.0. The topological polar surface area (TPSA) is 105 Å². The smallest absolute Gasteiger partial charge is 0.263 e. The number of nitrogen functional groups attached to an aromatic ring is 1. The molecule has 1 aliphatic rings. The number of likely N-dealkylation sites (N-methyl/N-ethyl adjacent to an activating group) is 1. The molecule has 2 amide bonds. The van der Waals surface area contributed by atoms with Gasteiger partial charge in [0, 0.05) is 32.7 Å². The fraction of sp³-hybridized carbons (Fsp3) is 0.538. The molecule has 1 aromatic rings. The van der Waals surface area contributed by atoms with Gasteiger partial charge in [0.05, 0.1) is 11.3 Å². The maximum atomic E-state index is 12.0. The first-order valence-electron chi connectivity index (χ1n) is 6.89. The number of hydrogen-bond acceptors (Lipinski definition) is 6. The van der Waals surface area contributed by atoms with Gasteiger partial charge in [-0.25, -0.2) is 0 Å². The quantitative estimate of drug-likeness (QED) is 0.722. The molecule has 0 radical (unpaired) electrons. The number of thiophene rings is 1. The molecule has 1 aromatic heterocycles. The molecular weight excluding hydrogens is 290 g/mol. The minimum absolute atomic E-state index is 0.187. The van der Waals surface area contributed by atoms with E-state index in [-0.39, 0.29) is 17.2 Å². The fourth-order valence-electron chi connectivity index (χ4n) is 2.31. The molecule has 0 bridgehead atoms. The van der Waals surface area contributed by atoms with Gasteiger partial charge in [0.1, 0.15) is 9.88 Å². The van der Waals surface area contributed by atoms with Gasteiger partial charge in [-0.3, -0.25) is 9.59 Å². The molecule has 8 heteroatoms. The average Bonchev–Trinajstić information content (AvgIpc) is 2.77. The van der Waals surface area contributed by atoms with Gasteiger partial charge in [-0.1, -0.05) is 0 Å². The summed E-state index contributed by atoms with van der Waals surface area (Å²) < 4.78 is 0. The number of amides is 2. The van der Waals surface area contributed by atoms with Crippen molar-refractivity contribution in [3.05, 3.63) is 10.4 Å². The molecule has 0 spiro atoms. The Morgan fingerprint density at radius 2 is 1.90 bits per heavy atom. The molecule has 1 saturated heterocycles. The van der Waals surface area contributed by atoms with Crippen LogP contribution in [0.1, 0.15) is 27.0 Å². The number of carbonyl (C=O) groups excluding carboxylic acids is 2. The van der Waals surface area contributed by atoms with Crippen LogP contribution in [0, 0.1) is 0 Å². The number of nitrogens with one attached hydrogen (secondary N) is 1. The van der Waals surface area contributed by atoms with Crippen molar-refractivity contribution >= 4 is 33.8 Å². The molecule has 2 heterocycles. The summed E-state index contributed by atoms with van der Waals surface area (Å²) in [5.41, 5.74) is 11.9. The van der Waals surface area contributed by atoms with Crippen molar-refractivity contribution < 1.29 is 9.59 Å². The van der Waals surface area contributed by atoms with Crippen LogP contribution < -0.4 is 21.7 Å². The highest BCUT2D eigenvalue weighted by molar-refractivity contribution is 7.19. The van der Waals surface area contributed by atoms with Crippen LogP contribution in [0.25, 0.3) is 0 Å². The standard InChI is InChI=1S/C13H21N5O2S/c1-3-16-12(20)10-9(14)8(11(15)19)13(21-10)18-6-4-17(2)5-7-18/h3-7,14H2,1-2H3,(H2,15,19)(H,16,20). The Morgan fingerprint density at radius 1 is 1.29 bits per heavy atom. The number of primary amides is 1. The Hall–Kier alpha value is -1.80. The molecule has 5 N–H and O–H groups in total. The second kappa shape index (κ2) is 6.31. The number of hydrogen-bond donors (Lipinski definition) is 3. The van der Waals surface area contributed by atoms with Crippen molar-refractivity contribution in [1.29, 1.82) is 0 Å². The molecule has 0 saturated carbocycles. The highest BCUT2D eigenvalue weighted by Gasteiger charge is 2.28. The zero-order valence-corrected chi connectivity index (χ0v) is 13.1. The van der Waals surface area contributed by atoms with E-state index in [0.717, 1.165) is 26.2 Å². The molecule has 1 aliphatic heterocycles. The third kappa shape index (κ3) is 3.11. The molecule has 0 aliphatic carbocycles. The van der Waals surface area contributed by atoms with Gasteiger partial charge >= 0.3 is 0 Å². The van der Waals surface area contributed by atoms with Crippen LogP contribution in [0.15, 0.2) is 0 Å². The van der Waals surface area contributed by atoms with Crippen LogP contribution >= 0.6 is 11.3 Å². The van der Waals surface area contributed by atoms with E-state index in [1.54, 1.807) is 0 Å². The minimum Gasteiger partial charge on any atom is -0.397 e. The average molecular weight is 311 g/mol. The van der Waals surface area contributed by atoms with Crippen LogP contribution in [0.5, 0.6) is 0 Å². The first-order chi connectivity index (χ1) is 9.95. The molecular formula is C13H21N5O2S. The van der Waals surface area contributed by atoms with Crippen LogP contribution in [0.4, 0.5) is 10.7 Å². The van der Waals surface area contributed by atoms with Gasteiger partial charge in [-0.2, -0.15) is 0 Å². The van der Waals surface area contributed by atoms with E-state index in [0.29, 0.717) is 16.4 Å². The Bertz CT molecular complexity index is 549. The summed E-state index contributed by atoms with van der Waals surface area (Å²) in [7, 11) is 2.05. The van der Waals surface area contributed by atoms with E-state index in [4.69, 9.17) is 11.5 Å². The maximum Gasteiger partial charge on any atom is 0.263 e. The number of piperazine rings is 1. The molecule has 21 heavy (non-hydrogen) atoms. The summed E-state index contributed by atoms with van der Waals surface area (Å²) in [6.07, 6.45) is 0. The Kier molecular flexibility index (Phi) is 4.69. The van der Waals surface area contributed by atoms with Gasteiger partial charge in [0.15, 0.2) is 0 Å². The fourth-order valence-corrected chi connectivity index (χ4v) is 3.51. The predicted octanol–water partition coefficient (Wildman–Crippen LogP) is -0.0693. The lowest BCUT2D eigenvalue weighted by molar-refractivity contribution is 0.0960. The van der Waals surface area contributed by atoms with Crippen LogP contribution in [-0.2, 0) is 0 Å². The second-order valence-corrected chi connectivity index (χ2v) is 6.04. The minimum atomic E-state index is -0.590. The van der Waals surface area contributed by atoms with Gasteiger partial charge < -0.3 is 26.6 Å². The van der Waals surface area contributed by atoms with Crippen molar-refractivity contribution in [2.45, 2.75) is 6.92 Å². The van der Waals surface area contributed by atoms with Crippen molar-refractivity contribution in [2.75, 3.05) is 50.4 Å². The van der Waals surface area contributed by atoms with Crippen molar-refractivity contribution in [3.63, 3.8) is 0 Å². The second-order valence-electron chi connectivity index (χ2n) is 5.04. The lowest BCUT2D eigenvalue weighted by Gasteiger charge is -2.33. The van der Waals surface area contributed by atoms with E-state index >= 15 is 0 Å². The lowest BCUT2D eigenvalue weighted by atomic mass is 10.2. The number of nitrogens with zero attached hydrogens (tertiary/aromatic N) is 2. The van der Waals surface area contributed by atoms with E-state index in [2.05, 4.69) is 22.2 Å². The van der Waals surface area contributed by atoms with E-state index in [1.807, 2.05) is 6.92 Å². The SMILES string of the molecule is CCNC(=O)c1sc(N2CCN(C)CC2)c(C(N)=O)c1N. The van der Waals surface area contributed by atoms with Crippen LogP contribution in [0.2, 0.25) is 0 Å². The molecule has 0 unspecified atom stereocenters. The molecule has 0 aromatic carbocycles. The lowest BCUT2D eigenvalue weighted by Crippen LogP contribution is -2.44. The Balaban J connectivity index is 2.38. The zero-order chi connectivity index (χ0) is 15.6. The first kappa shape index (κ1) is 15.6. The van der Waals surface area contributed by atoms with E-state index in [9.17, 15) is 9.59 Å². The van der Waals surface area contributed by atoms with Crippen LogP contribution in [0.3, 0.4) is 0 Å². The van der Waals surface area contributed by atoms with Crippen molar-refractivity contribution in [3.8, 4) is 0 Å². The normalized spacial score (nSPS) is 16.0. The third-order valence-electron chi connectivity index (χ3n) is 3.51. The van der Waals surface area contributed by atoms with Gasteiger partial charge in [0.2, 0.25) is 0 Å². The largest absolute Gasteiger partial charge is 0.397 e. The summed E-state index contributed by atoms with van der Waals surface area (Å²) in [5.74, 6) is -0.851. The van der Waals surface area contributed by atoms with Gasteiger partial charge in [-0.15, -0.1) is 11.3 Å². The summed E-state index contributed by atoms with van der Waals surface area (Å²) in [6.45, 7) is 5.69.